The summed E-state index contributed by atoms with van der Waals surface area (Å²) in [5, 5.41) is 6.67. The molecule has 8 heteroatoms. The Labute approximate surface area is 169 Å². The van der Waals surface area contributed by atoms with E-state index in [1.807, 2.05) is 7.05 Å². The normalized spacial score (nSPS) is 23.1. The Balaban J connectivity index is 1.32. The minimum Gasteiger partial charge on any atom is -0.383 e. The third-order valence-electron chi connectivity index (χ3n) is 6.06. The number of piperidine rings is 1. The van der Waals surface area contributed by atoms with Crippen molar-refractivity contribution in [3.8, 4) is 0 Å². The van der Waals surface area contributed by atoms with E-state index in [9.17, 15) is 4.79 Å². The maximum absolute atomic E-state index is 12.0. The Bertz CT molecular complexity index is 509. The zero-order valence-electron chi connectivity index (χ0n) is 17.7. The van der Waals surface area contributed by atoms with Crippen LogP contribution in [-0.2, 0) is 9.53 Å². The van der Waals surface area contributed by atoms with Crippen molar-refractivity contribution < 1.29 is 9.53 Å². The highest BCUT2D eigenvalue weighted by molar-refractivity contribution is 5.80. The molecule has 8 nitrogen and oxygen atoms in total. The predicted octanol–water partition coefficient (Wildman–Crippen LogP) is -0.184. The van der Waals surface area contributed by atoms with Crippen LogP contribution in [0.2, 0.25) is 0 Å². The number of nitrogens with one attached hydrogen (secondary N) is 2. The van der Waals surface area contributed by atoms with Crippen molar-refractivity contribution in [3.63, 3.8) is 0 Å². The Kier molecular flexibility index (Phi) is 8.36. The third-order valence-corrected chi connectivity index (χ3v) is 6.06. The summed E-state index contributed by atoms with van der Waals surface area (Å²) >= 11 is 0. The highest BCUT2D eigenvalue weighted by atomic mass is 16.5. The molecule has 0 spiro atoms. The maximum atomic E-state index is 12.0. The topological polar surface area (TPSA) is 72.4 Å². The van der Waals surface area contributed by atoms with Crippen molar-refractivity contribution >= 4 is 11.9 Å². The summed E-state index contributed by atoms with van der Waals surface area (Å²) in [7, 11) is 3.64. The van der Waals surface area contributed by atoms with E-state index in [1.165, 1.54) is 12.8 Å². The fourth-order valence-electron chi connectivity index (χ4n) is 4.02. The van der Waals surface area contributed by atoms with Gasteiger partial charge in [0.05, 0.1) is 13.2 Å². The standard InChI is InChI=1S/C20H38N6O2/c1-21-20(22-15-17-5-7-24(8-6-17)13-14-28-2)26-11-9-25(10-12-26)16-19(27)23-18-3-4-18/h17-18H,3-16H2,1-2H3,(H,21,22)(H,23,27). The molecule has 2 aliphatic heterocycles. The number of carbonyl (C=O) groups excluding carboxylic acids is 1. The summed E-state index contributed by atoms with van der Waals surface area (Å²) in [6.45, 7) is 9.38. The Morgan fingerprint density at radius 2 is 1.75 bits per heavy atom. The van der Waals surface area contributed by atoms with E-state index in [4.69, 9.17) is 4.74 Å². The van der Waals surface area contributed by atoms with Crippen LogP contribution in [-0.4, -0.2) is 112 Å². The van der Waals surface area contributed by atoms with Crippen molar-refractivity contribution in [1.29, 1.82) is 0 Å². The number of ether oxygens (including phenoxy) is 1. The SMILES string of the molecule is CN=C(NCC1CCN(CCOC)CC1)N1CCN(CC(=O)NC2CC2)CC1. The minimum absolute atomic E-state index is 0.176. The first kappa shape index (κ1) is 21.3. The monoisotopic (exact) mass is 394 g/mol. The van der Waals surface area contributed by atoms with Gasteiger partial charge in [-0.2, -0.15) is 0 Å². The summed E-state index contributed by atoms with van der Waals surface area (Å²) in [4.78, 5) is 23.5. The second-order valence-electron chi connectivity index (χ2n) is 8.31. The number of hydrogen-bond donors (Lipinski definition) is 2. The number of nitrogens with zero attached hydrogens (tertiary/aromatic N) is 4. The molecule has 2 heterocycles. The van der Waals surface area contributed by atoms with Gasteiger partial charge in [-0.3, -0.25) is 14.7 Å². The van der Waals surface area contributed by atoms with E-state index in [0.717, 1.165) is 77.8 Å². The van der Waals surface area contributed by atoms with Gasteiger partial charge in [-0.15, -0.1) is 0 Å². The average molecular weight is 395 g/mol. The molecule has 1 amide bonds. The van der Waals surface area contributed by atoms with Crippen LogP contribution in [0.25, 0.3) is 0 Å². The van der Waals surface area contributed by atoms with Gasteiger partial charge in [-0.1, -0.05) is 0 Å². The fraction of sp³-hybridized carbons (Fsp3) is 0.900. The van der Waals surface area contributed by atoms with Gasteiger partial charge in [0.25, 0.3) is 0 Å². The molecule has 0 radical (unpaired) electrons. The maximum Gasteiger partial charge on any atom is 0.234 e. The molecule has 0 atom stereocenters. The molecule has 0 bridgehead atoms. The predicted molar refractivity (Wildman–Crippen MR) is 112 cm³/mol. The van der Waals surface area contributed by atoms with Crippen molar-refractivity contribution in [2.24, 2.45) is 10.9 Å². The van der Waals surface area contributed by atoms with E-state index in [2.05, 4.69) is 30.3 Å². The summed E-state index contributed by atoms with van der Waals surface area (Å²) in [5.74, 6) is 1.89. The van der Waals surface area contributed by atoms with Crippen LogP contribution in [0, 0.1) is 5.92 Å². The third kappa shape index (κ3) is 6.90. The summed E-state index contributed by atoms with van der Waals surface area (Å²) in [5.41, 5.74) is 0. The number of methoxy groups -OCH3 is 1. The van der Waals surface area contributed by atoms with E-state index in [-0.39, 0.29) is 5.91 Å². The first-order chi connectivity index (χ1) is 13.7. The quantitative estimate of drug-likeness (QED) is 0.439. The molecule has 2 saturated heterocycles. The number of rotatable bonds is 8. The Hall–Kier alpha value is -1.38. The lowest BCUT2D eigenvalue weighted by Gasteiger charge is -2.37. The van der Waals surface area contributed by atoms with Gasteiger partial charge >= 0.3 is 0 Å². The highest BCUT2D eigenvalue weighted by Gasteiger charge is 2.26. The molecule has 0 aromatic carbocycles. The number of piperazine rings is 1. The first-order valence-corrected chi connectivity index (χ1v) is 10.9. The number of likely N-dealkylation sites (tertiary alicyclic amines) is 1. The fourth-order valence-corrected chi connectivity index (χ4v) is 4.02. The van der Waals surface area contributed by atoms with E-state index in [1.54, 1.807) is 7.11 Å². The number of carbonyl (C=O) groups is 1. The van der Waals surface area contributed by atoms with Crippen LogP contribution in [0.5, 0.6) is 0 Å². The van der Waals surface area contributed by atoms with Crippen LogP contribution >= 0.6 is 0 Å². The van der Waals surface area contributed by atoms with Crippen molar-refractivity contribution in [1.82, 2.24) is 25.3 Å². The molecule has 0 aromatic heterocycles. The molecule has 3 fully saturated rings. The highest BCUT2D eigenvalue weighted by Crippen LogP contribution is 2.18. The van der Waals surface area contributed by atoms with Gasteiger partial charge in [-0.05, 0) is 44.7 Å². The molecule has 160 valence electrons. The van der Waals surface area contributed by atoms with Gasteiger partial charge < -0.3 is 25.2 Å². The number of amides is 1. The smallest absolute Gasteiger partial charge is 0.234 e. The molecule has 2 N–H and O–H groups in total. The zero-order valence-corrected chi connectivity index (χ0v) is 17.7. The molecule has 1 saturated carbocycles. The van der Waals surface area contributed by atoms with Gasteiger partial charge in [0, 0.05) is 59.5 Å². The molecule has 3 rings (SSSR count). The van der Waals surface area contributed by atoms with Gasteiger partial charge in [0.15, 0.2) is 5.96 Å². The molecule has 0 aromatic rings. The number of guanidine groups is 1. The molecule has 3 aliphatic rings. The Morgan fingerprint density at radius 3 is 2.36 bits per heavy atom. The van der Waals surface area contributed by atoms with Crippen molar-refractivity contribution in [3.05, 3.63) is 0 Å². The van der Waals surface area contributed by atoms with Crippen LogP contribution in [0.15, 0.2) is 4.99 Å². The summed E-state index contributed by atoms with van der Waals surface area (Å²) < 4.78 is 5.18. The van der Waals surface area contributed by atoms with Gasteiger partial charge in [-0.25, -0.2) is 0 Å². The van der Waals surface area contributed by atoms with Crippen molar-refractivity contribution in [2.45, 2.75) is 31.7 Å². The first-order valence-electron chi connectivity index (χ1n) is 10.9. The average Bonchev–Trinajstić information content (AvgIpc) is 3.52. The van der Waals surface area contributed by atoms with Crippen LogP contribution < -0.4 is 10.6 Å². The summed E-state index contributed by atoms with van der Waals surface area (Å²) in [6, 6.07) is 0.448. The largest absolute Gasteiger partial charge is 0.383 e. The number of aliphatic imine (C=N–C) groups is 1. The summed E-state index contributed by atoms with van der Waals surface area (Å²) in [6.07, 6.45) is 4.76. The van der Waals surface area contributed by atoms with Crippen LogP contribution in [0.1, 0.15) is 25.7 Å². The van der Waals surface area contributed by atoms with Crippen LogP contribution in [0.3, 0.4) is 0 Å². The minimum atomic E-state index is 0.176. The second kappa shape index (κ2) is 11.0. The van der Waals surface area contributed by atoms with Gasteiger partial charge in [0.2, 0.25) is 5.91 Å². The van der Waals surface area contributed by atoms with E-state index in [0.29, 0.717) is 18.5 Å². The molecule has 1 aliphatic carbocycles. The lowest BCUT2D eigenvalue weighted by Crippen LogP contribution is -2.54. The van der Waals surface area contributed by atoms with Crippen molar-refractivity contribution in [2.75, 3.05) is 79.7 Å². The van der Waals surface area contributed by atoms with E-state index < -0.39 is 0 Å². The Morgan fingerprint density at radius 1 is 1.04 bits per heavy atom. The number of hydrogen-bond acceptors (Lipinski definition) is 5. The lowest BCUT2D eigenvalue weighted by atomic mass is 9.97. The molecule has 28 heavy (non-hydrogen) atoms. The molecular formula is C20H38N6O2. The zero-order chi connectivity index (χ0) is 19.8. The second-order valence-corrected chi connectivity index (χ2v) is 8.31. The molecule has 0 unspecified atom stereocenters. The van der Waals surface area contributed by atoms with E-state index >= 15 is 0 Å². The molecular weight excluding hydrogens is 356 g/mol. The van der Waals surface area contributed by atoms with Crippen LogP contribution in [0.4, 0.5) is 0 Å². The lowest BCUT2D eigenvalue weighted by molar-refractivity contribution is -0.122. The van der Waals surface area contributed by atoms with Gasteiger partial charge in [0.1, 0.15) is 0 Å².